The van der Waals surface area contributed by atoms with Crippen LogP contribution in [-0.2, 0) is 4.79 Å². The quantitative estimate of drug-likeness (QED) is 0.898. The first-order valence-corrected chi connectivity index (χ1v) is 8.45. The molecule has 4 unspecified atom stereocenters. The van der Waals surface area contributed by atoms with Crippen LogP contribution in [0, 0.1) is 12.8 Å². The van der Waals surface area contributed by atoms with Crippen LogP contribution in [-0.4, -0.2) is 22.9 Å². The van der Waals surface area contributed by atoms with Crippen LogP contribution in [0.1, 0.15) is 56.5 Å². The van der Waals surface area contributed by atoms with Crippen molar-refractivity contribution in [3.63, 3.8) is 0 Å². The molecule has 0 aromatic carbocycles. The Balaban J connectivity index is 2.30. The van der Waals surface area contributed by atoms with Crippen molar-refractivity contribution in [1.29, 1.82) is 0 Å². The van der Waals surface area contributed by atoms with E-state index >= 15 is 0 Å². The number of hydrogen-bond donors (Lipinski definition) is 1. The van der Waals surface area contributed by atoms with Crippen LogP contribution >= 0.6 is 11.3 Å². The van der Waals surface area contributed by atoms with Crippen molar-refractivity contribution in [2.75, 3.05) is 0 Å². The molecule has 1 saturated heterocycles. The summed E-state index contributed by atoms with van der Waals surface area (Å²) >= 11 is 1.78. The fourth-order valence-electron chi connectivity index (χ4n) is 2.81. The van der Waals surface area contributed by atoms with Crippen LogP contribution < -0.4 is 5.32 Å². The van der Waals surface area contributed by atoms with E-state index in [9.17, 15) is 4.79 Å². The summed E-state index contributed by atoms with van der Waals surface area (Å²) in [4.78, 5) is 17.3. The summed E-state index contributed by atoms with van der Waals surface area (Å²) in [5, 5.41) is 3.52. The van der Waals surface area contributed by atoms with Crippen molar-refractivity contribution < 1.29 is 4.79 Å². The third kappa shape index (κ3) is 2.77. The molecule has 0 saturated carbocycles. The number of amides is 1. The molecule has 4 heteroatoms. The lowest BCUT2D eigenvalue weighted by molar-refractivity contribution is -0.133. The van der Waals surface area contributed by atoms with Crippen molar-refractivity contribution >= 4 is 17.2 Å². The van der Waals surface area contributed by atoms with Crippen LogP contribution in [0.3, 0.4) is 0 Å². The molecule has 1 aromatic heterocycles. The largest absolute Gasteiger partial charge is 0.318 e. The van der Waals surface area contributed by atoms with Crippen molar-refractivity contribution in [2.24, 2.45) is 5.92 Å². The highest BCUT2D eigenvalue weighted by Crippen LogP contribution is 2.34. The summed E-state index contributed by atoms with van der Waals surface area (Å²) in [6.45, 7) is 10.8. The van der Waals surface area contributed by atoms with Crippen LogP contribution in [0.5, 0.6) is 0 Å². The van der Waals surface area contributed by atoms with E-state index in [1.54, 1.807) is 11.3 Å². The van der Waals surface area contributed by atoms with Gasteiger partial charge in [0, 0.05) is 15.8 Å². The topological polar surface area (TPSA) is 32.3 Å². The SMILES string of the molecule is CCC1NC(c2ccc(C)s2)N(C(C)C(C)CC)C1=O. The van der Waals surface area contributed by atoms with E-state index in [2.05, 4.69) is 57.0 Å². The van der Waals surface area contributed by atoms with E-state index in [0.29, 0.717) is 5.92 Å². The van der Waals surface area contributed by atoms with Crippen LogP contribution in [0.25, 0.3) is 0 Å². The third-order valence-electron chi connectivity index (χ3n) is 4.53. The Hall–Kier alpha value is -0.870. The zero-order valence-electron chi connectivity index (χ0n) is 13.1. The molecule has 0 aliphatic carbocycles. The standard InChI is InChI=1S/C16H26N2OS/c1-6-10(3)12(5)18-15(14-9-8-11(4)20-14)17-13(7-2)16(18)19/h8-10,12-13,15,17H,6-7H2,1-5H3. The van der Waals surface area contributed by atoms with E-state index in [-0.39, 0.29) is 24.2 Å². The fraction of sp³-hybridized carbons (Fsp3) is 0.688. The number of carbonyl (C=O) groups is 1. The Morgan fingerprint density at radius 1 is 1.35 bits per heavy atom. The molecule has 1 aromatic rings. The van der Waals surface area contributed by atoms with Crippen molar-refractivity contribution in [3.8, 4) is 0 Å². The Kier molecular flexibility index (Phi) is 4.86. The van der Waals surface area contributed by atoms with E-state index in [1.165, 1.54) is 9.75 Å². The van der Waals surface area contributed by atoms with Gasteiger partial charge in [-0.3, -0.25) is 10.1 Å². The molecule has 1 fully saturated rings. The highest BCUT2D eigenvalue weighted by molar-refractivity contribution is 7.12. The van der Waals surface area contributed by atoms with E-state index in [0.717, 1.165) is 12.8 Å². The molecule has 0 spiro atoms. The van der Waals surface area contributed by atoms with E-state index < -0.39 is 0 Å². The first-order valence-electron chi connectivity index (χ1n) is 7.64. The predicted octanol–water partition coefficient (Wildman–Crippen LogP) is 3.70. The first kappa shape index (κ1) is 15.5. The van der Waals surface area contributed by atoms with Crippen LogP contribution in [0.2, 0.25) is 0 Å². The molecule has 2 rings (SSSR count). The molecule has 4 atom stereocenters. The molecule has 0 bridgehead atoms. The number of carbonyl (C=O) groups excluding carboxylic acids is 1. The minimum atomic E-state index is -0.0334. The van der Waals surface area contributed by atoms with Crippen molar-refractivity contribution in [2.45, 2.75) is 65.7 Å². The minimum absolute atomic E-state index is 0.0334. The maximum atomic E-state index is 12.7. The third-order valence-corrected chi connectivity index (χ3v) is 5.59. The van der Waals surface area contributed by atoms with Gasteiger partial charge in [0.2, 0.25) is 5.91 Å². The summed E-state index contributed by atoms with van der Waals surface area (Å²) in [6.07, 6.45) is 2.00. The number of hydrogen-bond acceptors (Lipinski definition) is 3. The number of nitrogens with one attached hydrogen (secondary N) is 1. The molecule has 2 heterocycles. The smallest absolute Gasteiger partial charge is 0.241 e. The van der Waals surface area contributed by atoms with E-state index in [1.807, 2.05) is 0 Å². The average Bonchev–Trinajstić information content (AvgIpc) is 3.00. The van der Waals surface area contributed by atoms with Gasteiger partial charge in [-0.2, -0.15) is 0 Å². The molecule has 20 heavy (non-hydrogen) atoms. The highest BCUT2D eigenvalue weighted by atomic mass is 32.1. The number of thiophene rings is 1. The van der Waals surface area contributed by atoms with Gasteiger partial charge in [-0.05, 0) is 38.3 Å². The fourth-order valence-corrected chi connectivity index (χ4v) is 3.75. The second-order valence-corrected chi connectivity index (χ2v) is 7.17. The Labute approximate surface area is 126 Å². The molecular formula is C16H26N2OS. The Morgan fingerprint density at radius 3 is 2.55 bits per heavy atom. The van der Waals surface area contributed by atoms with Gasteiger partial charge in [-0.25, -0.2) is 0 Å². The molecular weight excluding hydrogens is 268 g/mol. The van der Waals surface area contributed by atoms with Crippen LogP contribution in [0.4, 0.5) is 0 Å². The molecule has 1 N–H and O–H groups in total. The maximum Gasteiger partial charge on any atom is 0.241 e. The molecule has 1 aliphatic heterocycles. The summed E-state index contributed by atoms with van der Waals surface area (Å²) < 4.78 is 0. The normalized spacial score (nSPS) is 26.1. The summed E-state index contributed by atoms with van der Waals surface area (Å²) in [5.41, 5.74) is 0. The van der Waals surface area contributed by atoms with Crippen molar-refractivity contribution in [3.05, 3.63) is 21.9 Å². The van der Waals surface area contributed by atoms with Gasteiger partial charge in [0.05, 0.1) is 6.04 Å². The molecule has 3 nitrogen and oxygen atoms in total. The summed E-state index contributed by atoms with van der Waals surface area (Å²) in [6, 6.07) is 4.52. The van der Waals surface area contributed by atoms with Gasteiger partial charge in [-0.1, -0.05) is 27.2 Å². The van der Waals surface area contributed by atoms with Crippen LogP contribution in [0.15, 0.2) is 12.1 Å². The zero-order valence-corrected chi connectivity index (χ0v) is 14.0. The summed E-state index contributed by atoms with van der Waals surface area (Å²) in [5.74, 6) is 0.774. The summed E-state index contributed by atoms with van der Waals surface area (Å²) in [7, 11) is 0. The first-order chi connectivity index (χ1) is 9.49. The molecule has 0 radical (unpaired) electrons. The van der Waals surface area contributed by atoms with Gasteiger partial charge >= 0.3 is 0 Å². The number of rotatable bonds is 5. The molecule has 1 amide bonds. The Morgan fingerprint density at radius 2 is 2.05 bits per heavy atom. The van der Waals surface area contributed by atoms with Crippen molar-refractivity contribution in [1.82, 2.24) is 10.2 Å². The predicted molar refractivity (Wildman–Crippen MR) is 84.8 cm³/mol. The maximum absolute atomic E-state index is 12.7. The van der Waals surface area contributed by atoms with Gasteiger partial charge < -0.3 is 4.90 Å². The van der Waals surface area contributed by atoms with Gasteiger partial charge in [0.15, 0.2) is 0 Å². The van der Waals surface area contributed by atoms with Gasteiger partial charge in [0.25, 0.3) is 0 Å². The minimum Gasteiger partial charge on any atom is -0.318 e. The number of aryl methyl sites for hydroxylation is 1. The molecule has 112 valence electrons. The average molecular weight is 294 g/mol. The number of nitrogens with zero attached hydrogens (tertiary/aromatic N) is 1. The second-order valence-electron chi connectivity index (χ2n) is 5.85. The molecule has 1 aliphatic rings. The monoisotopic (exact) mass is 294 g/mol. The zero-order chi connectivity index (χ0) is 14.9. The second kappa shape index (κ2) is 6.27. The highest BCUT2D eigenvalue weighted by Gasteiger charge is 2.42. The van der Waals surface area contributed by atoms with Gasteiger partial charge in [0.1, 0.15) is 6.17 Å². The Bertz CT molecular complexity index is 471. The van der Waals surface area contributed by atoms with E-state index in [4.69, 9.17) is 0 Å². The lowest BCUT2D eigenvalue weighted by atomic mass is 9.98. The van der Waals surface area contributed by atoms with Gasteiger partial charge in [-0.15, -0.1) is 11.3 Å². The lowest BCUT2D eigenvalue weighted by Gasteiger charge is -2.33. The lowest BCUT2D eigenvalue weighted by Crippen LogP contribution is -2.41.